The van der Waals surface area contributed by atoms with E-state index in [9.17, 15) is 9.59 Å². The van der Waals surface area contributed by atoms with Gasteiger partial charge in [0.2, 0.25) is 0 Å². The summed E-state index contributed by atoms with van der Waals surface area (Å²) >= 11 is 5.93. The van der Waals surface area contributed by atoms with Crippen molar-refractivity contribution < 1.29 is 9.84 Å². The van der Waals surface area contributed by atoms with E-state index in [0.29, 0.717) is 23.1 Å². The summed E-state index contributed by atoms with van der Waals surface area (Å²) < 4.78 is 10.2. The van der Waals surface area contributed by atoms with Crippen LogP contribution in [0.2, 0.25) is 5.02 Å². The number of ether oxygens (including phenoxy) is 1. The molecule has 3 aromatic rings. The Kier molecular flexibility index (Phi) is 5.42. The predicted molar refractivity (Wildman–Crippen MR) is 108 cm³/mol. The van der Waals surface area contributed by atoms with Crippen molar-refractivity contribution in [3.63, 3.8) is 0 Å². The fraction of sp³-hybridized carbons (Fsp3) is 0.474. The molecule has 4 rings (SSSR count). The van der Waals surface area contributed by atoms with E-state index < -0.39 is 11.2 Å². The number of hydrogen-bond acceptors (Lipinski definition) is 6. The lowest BCUT2D eigenvalue weighted by atomic mass is 9.96. The van der Waals surface area contributed by atoms with Crippen LogP contribution in [0.4, 0.5) is 0 Å². The molecule has 1 saturated carbocycles. The smallest absolute Gasteiger partial charge is 0.332 e. The van der Waals surface area contributed by atoms with Crippen molar-refractivity contribution in [2.45, 2.75) is 44.9 Å². The van der Waals surface area contributed by atoms with Gasteiger partial charge < -0.3 is 9.84 Å². The normalized spacial score (nSPS) is 14.3. The number of aryl methyl sites for hydroxylation is 1. The number of aromatic nitrogens is 5. The lowest BCUT2D eigenvalue weighted by Crippen LogP contribution is -2.40. The number of aliphatic hydroxyl groups excluding tert-OH is 1. The van der Waals surface area contributed by atoms with E-state index in [-0.39, 0.29) is 37.0 Å². The molecule has 0 spiro atoms. The lowest BCUT2D eigenvalue weighted by molar-refractivity contribution is 0.104. The highest BCUT2D eigenvalue weighted by atomic mass is 35.5. The molecule has 1 aliphatic rings. The molecule has 1 N–H and O–H groups in total. The lowest BCUT2D eigenvalue weighted by Gasteiger charge is -2.25. The number of halogens is 1. The zero-order chi connectivity index (χ0) is 20.5. The van der Waals surface area contributed by atoms with Crippen molar-refractivity contribution >= 4 is 22.8 Å². The summed E-state index contributed by atoms with van der Waals surface area (Å²) in [6.45, 7) is 0.266. The van der Waals surface area contributed by atoms with Crippen molar-refractivity contribution in [2.24, 2.45) is 7.05 Å². The molecule has 154 valence electrons. The minimum Gasteiger partial charge on any atom is -0.461 e. The van der Waals surface area contributed by atoms with E-state index in [4.69, 9.17) is 21.4 Å². The van der Waals surface area contributed by atoms with Gasteiger partial charge in [-0.3, -0.25) is 23.5 Å². The standard InChI is InChI=1S/C19H22ClN5O4/c1-23-16-15(17(27)24(19(23)28)8-3-9-26)25(11-13-7-6-12(20)10-21-13)18(22-16)29-14-4-2-5-14/h6-7,10,14,26H,2-5,8-9,11H2,1H3. The van der Waals surface area contributed by atoms with Gasteiger partial charge in [-0.25, -0.2) is 4.79 Å². The van der Waals surface area contributed by atoms with Gasteiger partial charge >= 0.3 is 5.69 Å². The van der Waals surface area contributed by atoms with Gasteiger partial charge in [0.25, 0.3) is 11.6 Å². The number of fused-ring (bicyclic) bond motifs is 1. The van der Waals surface area contributed by atoms with Crippen LogP contribution in [-0.2, 0) is 20.1 Å². The largest absolute Gasteiger partial charge is 0.461 e. The second-order valence-electron chi connectivity index (χ2n) is 7.17. The number of imidazole rings is 1. The van der Waals surface area contributed by atoms with E-state index in [2.05, 4.69) is 9.97 Å². The molecule has 0 unspecified atom stereocenters. The molecule has 0 aliphatic heterocycles. The van der Waals surface area contributed by atoms with E-state index in [1.165, 1.54) is 10.8 Å². The highest BCUT2D eigenvalue weighted by Crippen LogP contribution is 2.27. The summed E-state index contributed by atoms with van der Waals surface area (Å²) in [5.41, 5.74) is 0.295. The summed E-state index contributed by atoms with van der Waals surface area (Å²) in [5, 5.41) is 9.64. The van der Waals surface area contributed by atoms with Crippen LogP contribution in [0.5, 0.6) is 6.01 Å². The SMILES string of the molecule is Cn1c(=O)n(CCCO)c(=O)c2c1nc(OC1CCC1)n2Cc1ccc(Cl)cn1. The van der Waals surface area contributed by atoms with Crippen LogP contribution in [-0.4, -0.2) is 41.5 Å². The van der Waals surface area contributed by atoms with Crippen LogP contribution in [0.3, 0.4) is 0 Å². The topological polar surface area (TPSA) is 104 Å². The highest BCUT2D eigenvalue weighted by molar-refractivity contribution is 6.30. The van der Waals surface area contributed by atoms with Gasteiger partial charge in [-0.1, -0.05) is 11.6 Å². The first-order valence-corrected chi connectivity index (χ1v) is 9.95. The molecule has 0 bridgehead atoms. The zero-order valence-corrected chi connectivity index (χ0v) is 16.8. The summed E-state index contributed by atoms with van der Waals surface area (Å²) in [5.74, 6) is 0. The van der Waals surface area contributed by atoms with Crippen molar-refractivity contribution in [1.82, 2.24) is 23.7 Å². The Morgan fingerprint density at radius 1 is 1.28 bits per heavy atom. The van der Waals surface area contributed by atoms with Crippen LogP contribution >= 0.6 is 11.6 Å². The fourth-order valence-corrected chi connectivity index (χ4v) is 3.43. The Morgan fingerprint density at radius 2 is 2.07 bits per heavy atom. The Bertz CT molecular complexity index is 1140. The molecule has 10 heteroatoms. The van der Waals surface area contributed by atoms with E-state index >= 15 is 0 Å². The first-order chi connectivity index (χ1) is 14.0. The van der Waals surface area contributed by atoms with Gasteiger partial charge in [0.15, 0.2) is 11.2 Å². The monoisotopic (exact) mass is 419 g/mol. The van der Waals surface area contributed by atoms with Crippen LogP contribution in [0.15, 0.2) is 27.9 Å². The number of hydrogen-bond donors (Lipinski definition) is 1. The molecular weight excluding hydrogens is 398 g/mol. The number of nitrogens with zero attached hydrogens (tertiary/aromatic N) is 5. The van der Waals surface area contributed by atoms with E-state index in [0.717, 1.165) is 23.8 Å². The van der Waals surface area contributed by atoms with Gasteiger partial charge in [-0.2, -0.15) is 4.98 Å². The van der Waals surface area contributed by atoms with E-state index in [1.54, 1.807) is 23.7 Å². The molecule has 29 heavy (non-hydrogen) atoms. The van der Waals surface area contributed by atoms with Crippen molar-refractivity contribution in [1.29, 1.82) is 0 Å². The third-order valence-corrected chi connectivity index (χ3v) is 5.39. The van der Waals surface area contributed by atoms with Gasteiger partial charge in [-0.15, -0.1) is 0 Å². The molecule has 0 radical (unpaired) electrons. The Balaban J connectivity index is 1.89. The third kappa shape index (κ3) is 3.67. The maximum Gasteiger partial charge on any atom is 0.332 e. The van der Waals surface area contributed by atoms with E-state index in [1.807, 2.05) is 0 Å². The average Bonchev–Trinajstić information content (AvgIpc) is 3.03. The summed E-state index contributed by atoms with van der Waals surface area (Å²) in [4.78, 5) is 34.6. The first kappa shape index (κ1) is 19.7. The quantitative estimate of drug-likeness (QED) is 0.619. The van der Waals surface area contributed by atoms with Gasteiger partial charge in [0.1, 0.15) is 6.10 Å². The minimum atomic E-state index is -0.472. The highest BCUT2D eigenvalue weighted by Gasteiger charge is 2.26. The molecule has 3 aromatic heterocycles. The minimum absolute atomic E-state index is 0.0531. The fourth-order valence-electron chi connectivity index (χ4n) is 3.31. The summed E-state index contributed by atoms with van der Waals surface area (Å²) in [6.07, 6.45) is 4.86. The van der Waals surface area contributed by atoms with Crippen LogP contribution < -0.4 is 16.0 Å². The summed E-state index contributed by atoms with van der Waals surface area (Å²) in [7, 11) is 1.57. The maximum atomic E-state index is 13.2. The average molecular weight is 420 g/mol. The second kappa shape index (κ2) is 8.00. The van der Waals surface area contributed by atoms with Gasteiger partial charge in [-0.05, 0) is 37.8 Å². The number of aliphatic hydroxyl groups is 1. The van der Waals surface area contributed by atoms with Crippen molar-refractivity contribution in [3.8, 4) is 6.01 Å². The Labute approximate surface area is 171 Å². The molecule has 1 aliphatic carbocycles. The Hall–Kier alpha value is -2.65. The van der Waals surface area contributed by atoms with Gasteiger partial charge in [0.05, 0.1) is 17.3 Å². The molecule has 3 heterocycles. The molecule has 1 fully saturated rings. The van der Waals surface area contributed by atoms with Crippen LogP contribution in [0.25, 0.3) is 11.2 Å². The summed E-state index contributed by atoms with van der Waals surface area (Å²) in [6, 6.07) is 3.80. The Morgan fingerprint density at radius 3 is 2.69 bits per heavy atom. The predicted octanol–water partition coefficient (Wildman–Crippen LogP) is 1.31. The third-order valence-electron chi connectivity index (χ3n) is 5.17. The zero-order valence-electron chi connectivity index (χ0n) is 16.0. The van der Waals surface area contributed by atoms with Crippen molar-refractivity contribution in [2.75, 3.05) is 6.61 Å². The molecule has 0 aromatic carbocycles. The maximum absolute atomic E-state index is 13.2. The molecular formula is C19H22ClN5O4. The molecule has 0 saturated heterocycles. The molecule has 0 amide bonds. The van der Waals surface area contributed by atoms with Crippen LogP contribution in [0, 0.1) is 0 Å². The molecule has 9 nitrogen and oxygen atoms in total. The first-order valence-electron chi connectivity index (χ1n) is 9.57. The van der Waals surface area contributed by atoms with Gasteiger partial charge in [0, 0.05) is 26.4 Å². The number of rotatable bonds is 7. The molecule has 0 atom stereocenters. The van der Waals surface area contributed by atoms with Crippen LogP contribution in [0.1, 0.15) is 31.4 Å². The second-order valence-corrected chi connectivity index (χ2v) is 7.60. The van der Waals surface area contributed by atoms with Crippen molar-refractivity contribution in [3.05, 3.63) is 49.9 Å². The number of pyridine rings is 1.